The molecule has 1 N–H and O–H groups in total. The normalized spacial score (nSPS) is 13.9. The molecular weight excluding hydrogens is 567 g/mol. The smallest absolute Gasteiger partial charge is 0.256 e. The van der Waals surface area contributed by atoms with Gasteiger partial charge in [-0.2, -0.15) is 0 Å². The van der Waals surface area contributed by atoms with Crippen molar-refractivity contribution in [1.82, 2.24) is 9.80 Å². The van der Waals surface area contributed by atoms with Crippen molar-refractivity contribution in [3.63, 3.8) is 0 Å². The van der Waals surface area contributed by atoms with Gasteiger partial charge in [-0.15, -0.1) is 0 Å². The summed E-state index contributed by atoms with van der Waals surface area (Å²) < 4.78 is 13.8. The molecule has 1 saturated heterocycles. The molecule has 0 saturated carbocycles. The van der Waals surface area contributed by atoms with E-state index in [2.05, 4.69) is 10.2 Å². The Hall–Kier alpha value is -4.98. The number of amides is 3. The van der Waals surface area contributed by atoms with Gasteiger partial charge in [-0.05, 0) is 60.4 Å². The summed E-state index contributed by atoms with van der Waals surface area (Å²) in [6, 6.07) is 30.4. The molecule has 0 aromatic heterocycles. The molecule has 3 amide bonds. The highest BCUT2D eigenvalue weighted by Gasteiger charge is 2.28. The molecule has 8 heteroatoms. The van der Waals surface area contributed by atoms with E-state index in [9.17, 15) is 18.8 Å². The highest BCUT2D eigenvalue weighted by molar-refractivity contribution is 6.06. The standard InChI is InChI=1S/C37H39FN4O3/c1-3-32(28-14-8-5-9-15-28)37(45)42-21-11-20-41(22-23-42)34-19-18-31(39-35(43)29-16-10-17-30(38)24-29)25-33(34)36(44)40(2)26-27-12-6-4-7-13-27/h4-10,12-19,24-25,32H,3,11,20-23,26H2,1-2H3,(H,39,43). The second-order valence-electron chi connectivity index (χ2n) is 11.4. The van der Waals surface area contributed by atoms with Crippen molar-refractivity contribution in [2.24, 2.45) is 0 Å². The molecule has 4 aromatic carbocycles. The van der Waals surface area contributed by atoms with Gasteiger partial charge >= 0.3 is 0 Å². The fourth-order valence-corrected chi connectivity index (χ4v) is 5.87. The van der Waals surface area contributed by atoms with Gasteiger partial charge in [0.15, 0.2) is 0 Å². The van der Waals surface area contributed by atoms with Crippen molar-refractivity contribution in [3.8, 4) is 0 Å². The lowest BCUT2D eigenvalue weighted by molar-refractivity contribution is -0.132. The van der Waals surface area contributed by atoms with Gasteiger partial charge in [0.2, 0.25) is 5.91 Å². The second-order valence-corrected chi connectivity index (χ2v) is 11.4. The van der Waals surface area contributed by atoms with Crippen LogP contribution in [-0.4, -0.2) is 60.7 Å². The minimum absolute atomic E-state index is 0.125. The van der Waals surface area contributed by atoms with Gasteiger partial charge in [-0.1, -0.05) is 73.7 Å². The first-order chi connectivity index (χ1) is 21.8. The summed E-state index contributed by atoms with van der Waals surface area (Å²) in [5.41, 5.74) is 3.83. The number of nitrogens with one attached hydrogen (secondary N) is 1. The van der Waals surface area contributed by atoms with E-state index >= 15 is 0 Å². The first kappa shape index (κ1) is 31.4. The summed E-state index contributed by atoms with van der Waals surface area (Å²) in [4.78, 5) is 46.3. The van der Waals surface area contributed by atoms with E-state index in [1.165, 1.54) is 24.3 Å². The Morgan fingerprint density at radius 1 is 0.844 bits per heavy atom. The Morgan fingerprint density at radius 2 is 1.58 bits per heavy atom. The largest absolute Gasteiger partial charge is 0.369 e. The van der Waals surface area contributed by atoms with E-state index < -0.39 is 11.7 Å². The molecule has 232 valence electrons. The average molecular weight is 607 g/mol. The summed E-state index contributed by atoms with van der Waals surface area (Å²) >= 11 is 0. The first-order valence-corrected chi connectivity index (χ1v) is 15.4. The molecular formula is C37H39FN4O3. The quantitative estimate of drug-likeness (QED) is 0.234. The third kappa shape index (κ3) is 7.76. The van der Waals surface area contributed by atoms with Crippen molar-refractivity contribution >= 4 is 29.1 Å². The van der Waals surface area contributed by atoms with E-state index in [-0.39, 0.29) is 23.3 Å². The molecule has 7 nitrogen and oxygen atoms in total. The third-order valence-corrected chi connectivity index (χ3v) is 8.24. The highest BCUT2D eigenvalue weighted by Crippen LogP contribution is 2.29. The van der Waals surface area contributed by atoms with E-state index in [4.69, 9.17) is 0 Å². The van der Waals surface area contributed by atoms with Crippen LogP contribution in [0.3, 0.4) is 0 Å². The zero-order valence-corrected chi connectivity index (χ0v) is 25.8. The summed E-state index contributed by atoms with van der Waals surface area (Å²) in [6.07, 6.45) is 1.47. The lowest BCUT2D eigenvalue weighted by Gasteiger charge is -2.28. The van der Waals surface area contributed by atoms with Crippen molar-refractivity contribution < 1.29 is 18.8 Å². The number of hydrogen-bond donors (Lipinski definition) is 1. The van der Waals surface area contributed by atoms with Crippen LogP contribution < -0.4 is 10.2 Å². The second kappa shape index (κ2) is 14.7. The highest BCUT2D eigenvalue weighted by atomic mass is 19.1. The van der Waals surface area contributed by atoms with Crippen LogP contribution >= 0.6 is 0 Å². The lowest BCUT2D eigenvalue weighted by Crippen LogP contribution is -2.38. The SMILES string of the molecule is CCC(C(=O)N1CCCN(c2ccc(NC(=O)c3cccc(F)c3)cc2C(=O)N(C)Cc2ccccc2)CC1)c1ccccc1. The fourth-order valence-electron chi connectivity index (χ4n) is 5.87. The molecule has 4 aromatic rings. The maximum Gasteiger partial charge on any atom is 0.256 e. The summed E-state index contributed by atoms with van der Waals surface area (Å²) in [5, 5.41) is 2.82. The van der Waals surface area contributed by atoms with Gasteiger partial charge in [0.1, 0.15) is 5.82 Å². The molecule has 5 rings (SSSR count). The third-order valence-electron chi connectivity index (χ3n) is 8.24. The maximum atomic E-state index is 14.0. The van der Waals surface area contributed by atoms with Gasteiger partial charge in [0.25, 0.3) is 11.8 Å². The predicted octanol–water partition coefficient (Wildman–Crippen LogP) is 6.58. The number of carbonyl (C=O) groups is 3. The molecule has 0 aliphatic carbocycles. The number of nitrogens with zero attached hydrogens (tertiary/aromatic N) is 3. The van der Waals surface area contributed by atoms with Crippen molar-refractivity contribution in [3.05, 3.63) is 131 Å². The molecule has 1 unspecified atom stereocenters. The molecule has 0 spiro atoms. The van der Waals surface area contributed by atoms with Crippen molar-refractivity contribution in [1.29, 1.82) is 0 Å². The minimum Gasteiger partial charge on any atom is -0.369 e. The van der Waals surface area contributed by atoms with Crippen molar-refractivity contribution in [2.45, 2.75) is 32.2 Å². The molecule has 1 heterocycles. The Morgan fingerprint density at radius 3 is 2.29 bits per heavy atom. The lowest BCUT2D eigenvalue weighted by atomic mass is 9.95. The molecule has 1 atom stereocenters. The topological polar surface area (TPSA) is 73.0 Å². The van der Waals surface area contributed by atoms with Crippen LogP contribution in [-0.2, 0) is 11.3 Å². The summed E-state index contributed by atoms with van der Waals surface area (Å²) in [6.45, 7) is 4.86. The van der Waals surface area contributed by atoms with Crippen LogP contribution in [0, 0.1) is 5.82 Å². The monoisotopic (exact) mass is 606 g/mol. The Balaban J connectivity index is 1.39. The van der Waals surface area contributed by atoms with Crippen LogP contribution in [0.5, 0.6) is 0 Å². The van der Waals surface area contributed by atoms with Crippen LogP contribution in [0.4, 0.5) is 15.8 Å². The molecule has 1 aliphatic rings. The number of anilines is 2. The average Bonchev–Trinajstić information content (AvgIpc) is 3.32. The molecule has 0 radical (unpaired) electrons. The zero-order valence-electron chi connectivity index (χ0n) is 25.8. The van der Waals surface area contributed by atoms with Crippen molar-refractivity contribution in [2.75, 3.05) is 43.4 Å². The fraction of sp³-hybridized carbons (Fsp3) is 0.270. The number of halogens is 1. The maximum absolute atomic E-state index is 14.0. The number of benzene rings is 4. The van der Waals surface area contributed by atoms with Gasteiger partial charge in [0, 0.05) is 56.7 Å². The predicted molar refractivity (Wildman–Crippen MR) is 176 cm³/mol. The van der Waals surface area contributed by atoms with E-state index in [0.29, 0.717) is 44.0 Å². The number of rotatable bonds is 9. The van der Waals surface area contributed by atoms with E-state index in [1.54, 1.807) is 24.1 Å². The van der Waals surface area contributed by atoms with Crippen LogP contribution in [0.15, 0.2) is 103 Å². The Kier molecular flexibility index (Phi) is 10.2. The number of carbonyl (C=O) groups excluding carboxylic acids is 3. The van der Waals surface area contributed by atoms with Gasteiger partial charge in [0.05, 0.1) is 11.5 Å². The minimum atomic E-state index is -0.501. The molecule has 1 fully saturated rings. The first-order valence-electron chi connectivity index (χ1n) is 15.4. The van der Waals surface area contributed by atoms with Crippen LogP contribution in [0.25, 0.3) is 0 Å². The Bertz CT molecular complexity index is 1630. The summed E-state index contributed by atoms with van der Waals surface area (Å²) in [5.74, 6) is -1.23. The molecule has 0 bridgehead atoms. The van der Waals surface area contributed by atoms with Gasteiger partial charge in [-0.3, -0.25) is 14.4 Å². The van der Waals surface area contributed by atoms with Crippen LogP contribution in [0.2, 0.25) is 0 Å². The van der Waals surface area contributed by atoms with Gasteiger partial charge < -0.3 is 20.0 Å². The number of hydrogen-bond acceptors (Lipinski definition) is 4. The van der Waals surface area contributed by atoms with E-state index in [1.807, 2.05) is 78.6 Å². The van der Waals surface area contributed by atoms with Gasteiger partial charge in [-0.25, -0.2) is 4.39 Å². The molecule has 45 heavy (non-hydrogen) atoms. The van der Waals surface area contributed by atoms with E-state index in [0.717, 1.165) is 29.7 Å². The zero-order chi connectivity index (χ0) is 31.8. The summed E-state index contributed by atoms with van der Waals surface area (Å²) in [7, 11) is 1.76. The molecule has 1 aliphatic heterocycles. The van der Waals surface area contributed by atoms with Crippen LogP contribution in [0.1, 0.15) is 57.5 Å². The Labute approximate surface area is 264 Å².